The Labute approximate surface area is 179 Å². The summed E-state index contributed by atoms with van der Waals surface area (Å²) in [5.74, 6) is -1.50. The fourth-order valence-corrected chi connectivity index (χ4v) is 3.80. The second kappa shape index (κ2) is 9.29. The molecule has 3 aromatic rings. The standard InChI is InChI=1S/C21H22N2O7S/c1-3-28-11-16-15-6-4-5-7-17(15)30-20(16)21(25)29-12-19(24)23-14-9-8-13(2)18(10-14)31(22,26)27/h4-10H,3,11-12H2,1-2H3,(H,23,24)(H2,22,26,27). The van der Waals surface area contributed by atoms with Crippen LogP contribution in [0, 0.1) is 6.92 Å². The van der Waals surface area contributed by atoms with E-state index in [-0.39, 0.29) is 22.9 Å². The quantitative estimate of drug-likeness (QED) is 0.507. The van der Waals surface area contributed by atoms with E-state index in [2.05, 4.69) is 5.32 Å². The summed E-state index contributed by atoms with van der Waals surface area (Å²) in [6, 6.07) is 11.4. The summed E-state index contributed by atoms with van der Waals surface area (Å²) in [4.78, 5) is 24.6. The second-order valence-electron chi connectivity index (χ2n) is 6.69. The number of carbonyl (C=O) groups excluding carboxylic acids is 2. The molecule has 164 valence electrons. The lowest BCUT2D eigenvalue weighted by Gasteiger charge is -2.09. The van der Waals surface area contributed by atoms with Gasteiger partial charge in [0.25, 0.3) is 5.91 Å². The number of carbonyl (C=O) groups is 2. The van der Waals surface area contributed by atoms with E-state index in [4.69, 9.17) is 19.0 Å². The van der Waals surface area contributed by atoms with Gasteiger partial charge in [-0.3, -0.25) is 4.79 Å². The lowest BCUT2D eigenvalue weighted by atomic mass is 10.1. The summed E-state index contributed by atoms with van der Waals surface area (Å²) in [5.41, 5.74) is 1.69. The number of nitrogens with two attached hydrogens (primary N) is 1. The molecule has 2 aromatic carbocycles. The van der Waals surface area contributed by atoms with Crippen LogP contribution in [0.25, 0.3) is 11.0 Å². The van der Waals surface area contributed by atoms with Gasteiger partial charge in [0, 0.05) is 23.2 Å². The van der Waals surface area contributed by atoms with Crippen LogP contribution in [0.1, 0.15) is 28.6 Å². The fourth-order valence-electron chi connectivity index (χ4n) is 2.99. The fraction of sp³-hybridized carbons (Fsp3) is 0.238. The number of rotatable bonds is 8. The number of sulfonamides is 1. The molecule has 0 aliphatic carbocycles. The molecule has 1 heterocycles. The van der Waals surface area contributed by atoms with Gasteiger partial charge in [-0.2, -0.15) is 0 Å². The summed E-state index contributed by atoms with van der Waals surface area (Å²) in [6.07, 6.45) is 0. The minimum Gasteiger partial charge on any atom is -0.450 e. The molecule has 0 saturated carbocycles. The van der Waals surface area contributed by atoms with Crippen LogP contribution in [-0.4, -0.2) is 33.5 Å². The Morgan fingerprint density at radius 3 is 2.61 bits per heavy atom. The first kappa shape index (κ1) is 22.5. The molecule has 3 N–H and O–H groups in total. The summed E-state index contributed by atoms with van der Waals surface area (Å²) >= 11 is 0. The Balaban J connectivity index is 1.71. The predicted octanol–water partition coefficient (Wildman–Crippen LogP) is 2.72. The maximum atomic E-state index is 12.5. The number of anilines is 1. The molecule has 0 spiro atoms. The molecule has 0 aliphatic heterocycles. The average molecular weight is 446 g/mol. The zero-order valence-corrected chi connectivity index (χ0v) is 17.8. The highest BCUT2D eigenvalue weighted by Crippen LogP contribution is 2.27. The molecule has 31 heavy (non-hydrogen) atoms. The van der Waals surface area contributed by atoms with Gasteiger partial charge in [0.1, 0.15) is 5.58 Å². The molecule has 1 amide bonds. The van der Waals surface area contributed by atoms with Crippen LogP contribution in [0.5, 0.6) is 0 Å². The molecule has 0 saturated heterocycles. The number of esters is 1. The van der Waals surface area contributed by atoms with Gasteiger partial charge in [-0.25, -0.2) is 18.4 Å². The Morgan fingerprint density at radius 2 is 1.90 bits per heavy atom. The number of furan rings is 1. The Hall–Kier alpha value is -3.21. The molecule has 0 unspecified atom stereocenters. The van der Waals surface area contributed by atoms with E-state index in [9.17, 15) is 18.0 Å². The van der Waals surface area contributed by atoms with E-state index in [1.807, 2.05) is 13.0 Å². The van der Waals surface area contributed by atoms with Crippen molar-refractivity contribution in [2.75, 3.05) is 18.5 Å². The highest BCUT2D eigenvalue weighted by Gasteiger charge is 2.23. The smallest absolute Gasteiger partial charge is 0.375 e. The van der Waals surface area contributed by atoms with Crippen LogP contribution < -0.4 is 10.5 Å². The third-order valence-corrected chi connectivity index (χ3v) is 5.50. The van der Waals surface area contributed by atoms with Gasteiger partial charge >= 0.3 is 5.97 Å². The third kappa shape index (κ3) is 5.29. The van der Waals surface area contributed by atoms with Crippen LogP contribution in [0.15, 0.2) is 51.8 Å². The van der Waals surface area contributed by atoms with Crippen LogP contribution in [0.3, 0.4) is 0 Å². The zero-order valence-electron chi connectivity index (χ0n) is 17.0. The van der Waals surface area contributed by atoms with Crippen LogP contribution in [0.4, 0.5) is 5.69 Å². The van der Waals surface area contributed by atoms with Gasteiger partial charge in [-0.1, -0.05) is 24.3 Å². The predicted molar refractivity (Wildman–Crippen MR) is 113 cm³/mol. The molecule has 10 heteroatoms. The Bertz CT molecular complexity index is 1230. The van der Waals surface area contributed by atoms with E-state index in [0.29, 0.717) is 23.3 Å². The number of fused-ring (bicyclic) bond motifs is 1. The van der Waals surface area contributed by atoms with Gasteiger partial charge in [-0.05, 0) is 37.6 Å². The molecular formula is C21H22N2O7S. The molecule has 9 nitrogen and oxygen atoms in total. The van der Waals surface area contributed by atoms with E-state index in [1.165, 1.54) is 18.2 Å². The summed E-state index contributed by atoms with van der Waals surface area (Å²) in [5, 5.41) is 8.37. The van der Waals surface area contributed by atoms with Crippen molar-refractivity contribution in [3.8, 4) is 0 Å². The second-order valence-corrected chi connectivity index (χ2v) is 8.22. The van der Waals surface area contributed by atoms with E-state index in [0.717, 1.165) is 5.39 Å². The van der Waals surface area contributed by atoms with Gasteiger partial charge in [0.15, 0.2) is 6.61 Å². The molecule has 1 aromatic heterocycles. The van der Waals surface area contributed by atoms with Crippen LogP contribution in [-0.2, 0) is 30.9 Å². The van der Waals surface area contributed by atoms with Gasteiger partial charge in [0.05, 0.1) is 11.5 Å². The molecule has 0 radical (unpaired) electrons. The van der Waals surface area contributed by atoms with Gasteiger partial charge < -0.3 is 19.2 Å². The van der Waals surface area contributed by atoms with E-state index < -0.39 is 28.5 Å². The number of hydrogen-bond acceptors (Lipinski definition) is 7. The maximum Gasteiger partial charge on any atom is 0.375 e. The van der Waals surface area contributed by atoms with Crippen molar-refractivity contribution in [3.63, 3.8) is 0 Å². The molecular weight excluding hydrogens is 424 g/mol. The van der Waals surface area contributed by atoms with Crippen molar-refractivity contribution in [1.29, 1.82) is 0 Å². The average Bonchev–Trinajstić information content (AvgIpc) is 3.09. The van der Waals surface area contributed by atoms with Crippen LogP contribution in [0.2, 0.25) is 0 Å². The number of amides is 1. The molecule has 0 aliphatic rings. The first-order valence-electron chi connectivity index (χ1n) is 9.39. The first-order chi connectivity index (χ1) is 14.7. The summed E-state index contributed by atoms with van der Waals surface area (Å²) in [6.45, 7) is 3.43. The van der Waals surface area contributed by atoms with E-state index >= 15 is 0 Å². The molecule has 0 fully saturated rings. The van der Waals surface area contributed by atoms with Gasteiger partial charge in [0.2, 0.25) is 15.8 Å². The number of primary sulfonamides is 1. The molecule has 0 atom stereocenters. The van der Waals surface area contributed by atoms with Crippen molar-refractivity contribution < 1.29 is 31.9 Å². The molecule has 0 bridgehead atoms. The topological polar surface area (TPSA) is 138 Å². The molecule has 3 rings (SSSR count). The van der Waals surface area contributed by atoms with Gasteiger partial charge in [-0.15, -0.1) is 0 Å². The van der Waals surface area contributed by atoms with Crippen LogP contribution >= 0.6 is 0 Å². The zero-order chi connectivity index (χ0) is 22.6. The number of para-hydroxylation sites is 1. The monoisotopic (exact) mass is 446 g/mol. The first-order valence-corrected chi connectivity index (χ1v) is 10.9. The number of benzene rings is 2. The van der Waals surface area contributed by atoms with Crippen molar-refractivity contribution in [2.45, 2.75) is 25.3 Å². The maximum absolute atomic E-state index is 12.5. The Kier molecular flexibility index (Phi) is 6.74. The summed E-state index contributed by atoms with van der Waals surface area (Å²) in [7, 11) is -3.94. The van der Waals surface area contributed by atoms with Crippen molar-refractivity contribution in [1.82, 2.24) is 0 Å². The van der Waals surface area contributed by atoms with E-state index in [1.54, 1.807) is 25.1 Å². The minimum absolute atomic E-state index is 0.0331. The Morgan fingerprint density at radius 1 is 1.16 bits per heavy atom. The highest BCUT2D eigenvalue weighted by atomic mass is 32.2. The largest absolute Gasteiger partial charge is 0.450 e. The number of nitrogens with one attached hydrogen (secondary N) is 1. The SMILES string of the molecule is CCOCc1c(C(=O)OCC(=O)Nc2ccc(C)c(S(N)(=O)=O)c2)oc2ccccc12. The highest BCUT2D eigenvalue weighted by molar-refractivity contribution is 7.89. The van der Waals surface area contributed by atoms with Crippen molar-refractivity contribution in [3.05, 3.63) is 59.4 Å². The normalized spacial score (nSPS) is 11.5. The summed E-state index contributed by atoms with van der Waals surface area (Å²) < 4.78 is 39.4. The lowest BCUT2D eigenvalue weighted by Crippen LogP contribution is -2.22. The lowest BCUT2D eigenvalue weighted by molar-refractivity contribution is -0.119. The number of aryl methyl sites for hydroxylation is 1. The van der Waals surface area contributed by atoms with Crippen molar-refractivity contribution >= 4 is 38.6 Å². The van der Waals surface area contributed by atoms with Crippen molar-refractivity contribution in [2.24, 2.45) is 5.14 Å². The number of hydrogen-bond donors (Lipinski definition) is 2. The minimum atomic E-state index is -3.94. The number of ether oxygens (including phenoxy) is 2. The third-order valence-electron chi connectivity index (χ3n) is 4.45.